The van der Waals surface area contributed by atoms with E-state index in [0.717, 1.165) is 0 Å². The number of rotatable bonds is 0. The molecule has 0 heterocycles. The normalized spacial score (nSPS) is 9.15. The molecule has 0 saturated heterocycles. The fourth-order valence-electron chi connectivity index (χ4n) is 0.767. The first-order valence-corrected chi connectivity index (χ1v) is 4.18. The molecule has 0 amide bonds. The Morgan fingerprint density at radius 1 is 1.23 bits per heavy atom. The Morgan fingerprint density at radius 3 is 2.54 bits per heavy atom. The summed E-state index contributed by atoms with van der Waals surface area (Å²) in [7, 11) is 0. The molecule has 0 fully saturated rings. The van der Waals surface area contributed by atoms with Crippen LogP contribution in [-0.2, 0) is 0 Å². The van der Waals surface area contributed by atoms with Crippen molar-refractivity contribution in [2.75, 3.05) is 6.61 Å². The van der Waals surface area contributed by atoms with Crippen molar-refractivity contribution < 1.29 is 10.2 Å². The molecular weight excluding hydrogens is 211 g/mol. The summed E-state index contributed by atoms with van der Waals surface area (Å²) in [6, 6.07) is 2.76. The minimum atomic E-state index is -0.241. The van der Waals surface area contributed by atoms with Gasteiger partial charge < -0.3 is 10.2 Å². The number of phenols is 1. The maximum Gasteiger partial charge on any atom is 0.135 e. The first-order chi connectivity index (χ1) is 6.15. The smallest absolute Gasteiger partial charge is 0.135 e. The Bertz CT molecular complexity index is 377. The lowest BCUT2D eigenvalue weighted by Gasteiger charge is -1.99. The zero-order valence-electron chi connectivity index (χ0n) is 6.51. The molecule has 0 radical (unpaired) electrons. The molecule has 1 aromatic carbocycles. The van der Waals surface area contributed by atoms with Gasteiger partial charge >= 0.3 is 0 Å². The van der Waals surface area contributed by atoms with E-state index in [9.17, 15) is 0 Å². The van der Waals surface area contributed by atoms with Crippen molar-refractivity contribution in [1.82, 2.24) is 0 Å². The summed E-state index contributed by atoms with van der Waals surface area (Å²) in [5, 5.41) is 18.1. The molecule has 0 saturated carbocycles. The van der Waals surface area contributed by atoms with Crippen molar-refractivity contribution >= 4 is 23.2 Å². The second kappa shape index (κ2) is 4.38. The predicted octanol–water partition coefficient (Wildman–Crippen LogP) is 2.04. The summed E-state index contributed by atoms with van der Waals surface area (Å²) in [5.41, 5.74) is 0.485. The summed E-state index contributed by atoms with van der Waals surface area (Å²) >= 11 is 11.4. The Labute approximate surface area is 85.7 Å². The van der Waals surface area contributed by atoms with Crippen LogP contribution in [0.25, 0.3) is 0 Å². The van der Waals surface area contributed by atoms with E-state index in [2.05, 4.69) is 11.8 Å². The van der Waals surface area contributed by atoms with Gasteiger partial charge in [0.05, 0.1) is 10.0 Å². The average molecular weight is 217 g/mol. The van der Waals surface area contributed by atoms with Crippen LogP contribution >= 0.6 is 23.2 Å². The number of aliphatic hydroxyl groups is 1. The van der Waals surface area contributed by atoms with Gasteiger partial charge in [0.25, 0.3) is 0 Å². The third-order valence-electron chi connectivity index (χ3n) is 1.34. The van der Waals surface area contributed by atoms with Gasteiger partial charge in [-0.25, -0.2) is 0 Å². The van der Waals surface area contributed by atoms with Crippen LogP contribution in [0.1, 0.15) is 5.56 Å². The van der Waals surface area contributed by atoms with Crippen molar-refractivity contribution in [3.05, 3.63) is 27.7 Å². The van der Waals surface area contributed by atoms with Crippen LogP contribution in [0, 0.1) is 11.8 Å². The highest BCUT2D eigenvalue weighted by atomic mass is 35.5. The fourth-order valence-corrected chi connectivity index (χ4v) is 1.14. The molecule has 2 nitrogen and oxygen atoms in total. The topological polar surface area (TPSA) is 40.5 Å². The van der Waals surface area contributed by atoms with Gasteiger partial charge in [0.1, 0.15) is 12.4 Å². The molecule has 0 atom stereocenters. The second-order valence-corrected chi connectivity index (χ2v) is 3.06. The molecule has 0 unspecified atom stereocenters. The Kier molecular flexibility index (Phi) is 3.44. The Balaban J connectivity index is 3.16. The van der Waals surface area contributed by atoms with Crippen LogP contribution in [0.5, 0.6) is 5.75 Å². The predicted molar refractivity (Wildman–Crippen MR) is 52.1 cm³/mol. The summed E-state index contributed by atoms with van der Waals surface area (Å²) < 4.78 is 0. The van der Waals surface area contributed by atoms with E-state index in [4.69, 9.17) is 33.4 Å². The largest absolute Gasteiger partial charge is 0.506 e. The number of halogens is 2. The van der Waals surface area contributed by atoms with Crippen LogP contribution < -0.4 is 0 Å². The van der Waals surface area contributed by atoms with Gasteiger partial charge in [0, 0.05) is 11.6 Å². The molecular formula is C9H6Cl2O2. The van der Waals surface area contributed by atoms with Crippen LogP contribution in [0.3, 0.4) is 0 Å². The number of aliphatic hydroxyl groups excluding tert-OH is 1. The van der Waals surface area contributed by atoms with Crippen LogP contribution in [0.15, 0.2) is 12.1 Å². The highest BCUT2D eigenvalue weighted by molar-refractivity contribution is 6.35. The molecule has 0 aliphatic carbocycles. The van der Waals surface area contributed by atoms with E-state index in [0.29, 0.717) is 10.6 Å². The number of aromatic hydroxyl groups is 1. The number of hydrogen-bond donors (Lipinski definition) is 2. The van der Waals surface area contributed by atoms with Crippen LogP contribution in [0.2, 0.25) is 10.0 Å². The molecule has 0 bridgehead atoms. The van der Waals surface area contributed by atoms with E-state index in [1.54, 1.807) is 0 Å². The SMILES string of the molecule is OCC#Cc1cc(Cl)c(O)cc1Cl. The standard InChI is InChI=1S/C9H6Cl2O2/c10-7-5-9(13)8(11)4-6(7)2-1-3-12/h4-5,12-13H,3H2. The summed E-state index contributed by atoms with van der Waals surface area (Å²) in [6.45, 7) is -0.241. The summed E-state index contributed by atoms with van der Waals surface area (Å²) in [4.78, 5) is 0. The molecule has 1 rings (SSSR count). The van der Waals surface area contributed by atoms with E-state index in [-0.39, 0.29) is 17.4 Å². The Hall–Kier alpha value is -0.880. The quantitative estimate of drug-likeness (QED) is 0.653. The van der Waals surface area contributed by atoms with Crippen molar-refractivity contribution in [3.63, 3.8) is 0 Å². The number of benzene rings is 1. The van der Waals surface area contributed by atoms with Gasteiger partial charge in [-0.15, -0.1) is 0 Å². The van der Waals surface area contributed by atoms with Gasteiger partial charge in [-0.3, -0.25) is 0 Å². The lowest BCUT2D eigenvalue weighted by atomic mass is 10.2. The molecule has 0 aromatic heterocycles. The molecule has 0 spiro atoms. The minimum absolute atomic E-state index is 0.0822. The summed E-state index contributed by atoms with van der Waals surface area (Å²) in [5.74, 6) is 4.95. The third-order valence-corrected chi connectivity index (χ3v) is 1.95. The van der Waals surface area contributed by atoms with E-state index < -0.39 is 0 Å². The average Bonchev–Trinajstić information content (AvgIpc) is 2.09. The summed E-state index contributed by atoms with van der Waals surface area (Å²) in [6.07, 6.45) is 0. The van der Waals surface area contributed by atoms with Gasteiger partial charge in [-0.1, -0.05) is 35.0 Å². The maximum absolute atomic E-state index is 9.14. The molecule has 0 aliphatic heterocycles. The lowest BCUT2D eigenvalue weighted by Crippen LogP contribution is -1.80. The lowest BCUT2D eigenvalue weighted by molar-refractivity contribution is 0.350. The zero-order chi connectivity index (χ0) is 9.84. The molecule has 13 heavy (non-hydrogen) atoms. The highest BCUT2D eigenvalue weighted by Crippen LogP contribution is 2.29. The van der Waals surface area contributed by atoms with Crippen molar-refractivity contribution in [2.45, 2.75) is 0 Å². The monoisotopic (exact) mass is 216 g/mol. The van der Waals surface area contributed by atoms with Gasteiger partial charge in [-0.2, -0.15) is 0 Å². The van der Waals surface area contributed by atoms with Crippen molar-refractivity contribution in [2.24, 2.45) is 0 Å². The molecule has 2 N–H and O–H groups in total. The first kappa shape index (κ1) is 10.2. The van der Waals surface area contributed by atoms with Crippen molar-refractivity contribution in [3.8, 4) is 17.6 Å². The highest BCUT2D eigenvalue weighted by Gasteiger charge is 2.03. The first-order valence-electron chi connectivity index (χ1n) is 3.43. The van der Waals surface area contributed by atoms with Gasteiger partial charge in [-0.05, 0) is 6.07 Å². The van der Waals surface area contributed by atoms with E-state index >= 15 is 0 Å². The van der Waals surface area contributed by atoms with Crippen LogP contribution in [-0.4, -0.2) is 16.8 Å². The maximum atomic E-state index is 9.14. The molecule has 4 heteroatoms. The molecule has 0 aliphatic rings. The van der Waals surface area contributed by atoms with E-state index in [1.165, 1.54) is 12.1 Å². The van der Waals surface area contributed by atoms with Crippen LogP contribution in [0.4, 0.5) is 0 Å². The van der Waals surface area contributed by atoms with Gasteiger partial charge in [0.2, 0.25) is 0 Å². The minimum Gasteiger partial charge on any atom is -0.506 e. The number of phenolic OH excluding ortho intramolecular Hbond substituents is 1. The fraction of sp³-hybridized carbons (Fsp3) is 0.111. The zero-order valence-corrected chi connectivity index (χ0v) is 8.02. The Morgan fingerprint density at radius 2 is 1.92 bits per heavy atom. The van der Waals surface area contributed by atoms with Gasteiger partial charge in [0.15, 0.2) is 0 Å². The third kappa shape index (κ3) is 2.53. The van der Waals surface area contributed by atoms with Crippen molar-refractivity contribution in [1.29, 1.82) is 0 Å². The second-order valence-electron chi connectivity index (χ2n) is 2.24. The molecule has 1 aromatic rings. The van der Waals surface area contributed by atoms with E-state index in [1.807, 2.05) is 0 Å². The number of hydrogen-bond acceptors (Lipinski definition) is 2. The molecule has 68 valence electrons.